The van der Waals surface area contributed by atoms with Crippen molar-refractivity contribution in [1.29, 1.82) is 10.7 Å². The number of carbonyl (C=O) groups excluding carboxylic acids is 2. The number of para-hydroxylation sites is 1. The Bertz CT molecular complexity index is 1450. The van der Waals surface area contributed by atoms with Crippen molar-refractivity contribution >= 4 is 34.6 Å². The molecule has 2 amide bonds. The van der Waals surface area contributed by atoms with Crippen molar-refractivity contribution in [2.45, 2.75) is 19.8 Å². The normalized spacial score (nSPS) is 16.0. The summed E-state index contributed by atoms with van der Waals surface area (Å²) in [7, 11) is 3.15. The lowest BCUT2D eigenvalue weighted by Crippen LogP contribution is -2.37. The highest BCUT2D eigenvalue weighted by atomic mass is 16.5. The summed E-state index contributed by atoms with van der Waals surface area (Å²) in [5.74, 6) is -0.0194. The molecular formula is C29H35N9O3. The first-order valence-electron chi connectivity index (χ1n) is 12.9. The number of benzene rings is 1. The van der Waals surface area contributed by atoms with Crippen LogP contribution in [0.15, 0.2) is 76.4 Å². The number of carbonyl (C=O) groups is 2. The number of amides is 2. The molecule has 3 rings (SSSR count). The van der Waals surface area contributed by atoms with Crippen LogP contribution in [0, 0.1) is 22.7 Å². The van der Waals surface area contributed by atoms with Crippen molar-refractivity contribution in [2.24, 2.45) is 28.1 Å². The Hall–Kier alpha value is -5.31. The molecule has 0 bridgehead atoms. The summed E-state index contributed by atoms with van der Waals surface area (Å²) in [4.78, 5) is 30.3. The van der Waals surface area contributed by atoms with E-state index in [2.05, 4.69) is 15.6 Å². The quantitative estimate of drug-likeness (QED) is 0.101. The number of dihydropyridines is 1. The molecule has 0 aromatic heterocycles. The third-order valence-electron chi connectivity index (χ3n) is 6.26. The fraction of sp³-hybridized carbons (Fsp3) is 0.276. The number of hydrogen-bond acceptors (Lipinski definition) is 9. The van der Waals surface area contributed by atoms with E-state index in [1.165, 1.54) is 17.1 Å². The largest absolute Gasteiger partial charge is 0.494 e. The molecule has 1 heterocycles. The number of aliphatic imine (C=N–C) groups is 1. The molecule has 0 atom stereocenters. The number of nitrogens with zero attached hydrogens (tertiary/aromatic N) is 3. The number of anilines is 1. The number of allylic oxidation sites excluding steroid dienone is 5. The summed E-state index contributed by atoms with van der Waals surface area (Å²) in [6.07, 6.45) is 9.20. The van der Waals surface area contributed by atoms with Gasteiger partial charge in [0, 0.05) is 43.0 Å². The lowest BCUT2D eigenvalue weighted by atomic mass is 10.0. The van der Waals surface area contributed by atoms with Crippen LogP contribution in [-0.2, 0) is 9.59 Å². The second-order valence-electron chi connectivity index (χ2n) is 9.58. The van der Waals surface area contributed by atoms with Gasteiger partial charge in [0.1, 0.15) is 23.4 Å². The van der Waals surface area contributed by atoms with Crippen molar-refractivity contribution in [2.75, 3.05) is 32.6 Å². The van der Waals surface area contributed by atoms with E-state index in [1.54, 1.807) is 33.2 Å². The molecule has 0 unspecified atom stereocenters. The zero-order valence-electron chi connectivity index (χ0n) is 23.3. The summed E-state index contributed by atoms with van der Waals surface area (Å²) >= 11 is 0. The molecule has 1 aromatic carbocycles. The number of nitrogens with one attached hydrogen (secondary N) is 3. The maximum absolute atomic E-state index is 12.9. The summed E-state index contributed by atoms with van der Waals surface area (Å²) in [5, 5.41) is 23.5. The summed E-state index contributed by atoms with van der Waals surface area (Å²) in [5.41, 5.74) is 21.0. The first-order valence-corrected chi connectivity index (χ1v) is 12.9. The molecule has 12 nitrogen and oxygen atoms in total. The maximum Gasteiger partial charge on any atom is 0.270 e. The van der Waals surface area contributed by atoms with E-state index in [1.807, 2.05) is 24.3 Å². The average molecular weight is 558 g/mol. The highest BCUT2D eigenvalue weighted by molar-refractivity contribution is 6.08. The molecule has 1 aromatic rings. The van der Waals surface area contributed by atoms with Crippen molar-refractivity contribution in [1.82, 2.24) is 10.2 Å². The molecule has 0 radical (unpaired) electrons. The van der Waals surface area contributed by atoms with Gasteiger partial charge in [-0.2, -0.15) is 10.3 Å². The molecule has 12 heteroatoms. The number of nitriles is 1. The third kappa shape index (κ3) is 8.09. The van der Waals surface area contributed by atoms with Gasteiger partial charge in [0.25, 0.3) is 11.8 Å². The fourth-order valence-corrected chi connectivity index (χ4v) is 3.96. The lowest BCUT2D eigenvalue weighted by Gasteiger charge is -2.24. The van der Waals surface area contributed by atoms with Gasteiger partial charge in [0.05, 0.1) is 36.3 Å². The maximum atomic E-state index is 12.9. The minimum absolute atomic E-state index is 0.0243. The number of ether oxygens (including phenoxy) is 1. The topological polar surface area (TPSA) is 209 Å². The standard InChI is InChI=1S/C29H35N9O3/c1-17(32)25(12-26(34)37-28(39)19-7-8-19)36-23-6-4-5-22(27(23)41-3)20-9-10-24(35-15-20)29(40)38(2)16-21(33)11-18(13-30)14-31/h4-6,9-13,19,32,35-36H,7-8,15-16,30,33H2,1-3H3,(H2,34,37,39)/b18-13+,21-11-,25-12+,32-17?. The predicted octanol–water partition coefficient (Wildman–Crippen LogP) is 1.86. The minimum Gasteiger partial charge on any atom is -0.494 e. The molecule has 214 valence electrons. The van der Waals surface area contributed by atoms with Gasteiger partial charge < -0.3 is 42.9 Å². The highest BCUT2D eigenvalue weighted by Gasteiger charge is 2.29. The van der Waals surface area contributed by atoms with Gasteiger partial charge in [-0.25, -0.2) is 0 Å². The Labute approximate surface area is 239 Å². The van der Waals surface area contributed by atoms with E-state index in [0.29, 0.717) is 35.1 Å². The Morgan fingerprint density at radius 2 is 2.02 bits per heavy atom. The highest BCUT2D eigenvalue weighted by Crippen LogP contribution is 2.35. The first-order chi connectivity index (χ1) is 19.6. The van der Waals surface area contributed by atoms with Crippen molar-refractivity contribution in [3.63, 3.8) is 0 Å². The average Bonchev–Trinajstić information content (AvgIpc) is 3.81. The molecule has 0 saturated heterocycles. The van der Waals surface area contributed by atoms with Crippen molar-refractivity contribution in [3.8, 4) is 11.8 Å². The number of methoxy groups -OCH3 is 1. The smallest absolute Gasteiger partial charge is 0.270 e. The summed E-state index contributed by atoms with van der Waals surface area (Å²) in [6, 6.07) is 7.44. The van der Waals surface area contributed by atoms with Gasteiger partial charge >= 0.3 is 0 Å². The molecule has 9 N–H and O–H groups in total. The number of hydrogen-bond donors (Lipinski definition) is 6. The minimum atomic E-state index is -0.273. The molecular weight excluding hydrogens is 522 g/mol. The lowest BCUT2D eigenvalue weighted by molar-refractivity contribution is -0.126. The zero-order valence-corrected chi connectivity index (χ0v) is 23.3. The predicted molar refractivity (Wildman–Crippen MR) is 159 cm³/mol. The second-order valence-corrected chi connectivity index (χ2v) is 9.58. The summed E-state index contributed by atoms with van der Waals surface area (Å²) < 4.78 is 5.73. The van der Waals surface area contributed by atoms with Crippen LogP contribution >= 0.6 is 0 Å². The molecule has 41 heavy (non-hydrogen) atoms. The van der Waals surface area contributed by atoms with Gasteiger partial charge in [-0.1, -0.05) is 18.2 Å². The second kappa shape index (κ2) is 13.7. The number of nitrogens with two attached hydrogens (primary N) is 3. The van der Waals surface area contributed by atoms with Gasteiger partial charge in [-0.3, -0.25) is 9.59 Å². The Morgan fingerprint density at radius 3 is 2.59 bits per heavy atom. The van der Waals surface area contributed by atoms with Gasteiger partial charge in [-0.15, -0.1) is 0 Å². The molecule has 1 fully saturated rings. The van der Waals surface area contributed by atoms with E-state index in [-0.39, 0.29) is 41.4 Å². The van der Waals surface area contributed by atoms with E-state index >= 15 is 0 Å². The summed E-state index contributed by atoms with van der Waals surface area (Å²) in [6.45, 7) is 2.06. The van der Waals surface area contributed by atoms with E-state index < -0.39 is 0 Å². The fourth-order valence-electron chi connectivity index (χ4n) is 3.96. The molecule has 1 aliphatic carbocycles. The van der Waals surface area contributed by atoms with Gasteiger partial charge in [-0.05, 0) is 43.6 Å². The number of amidine groups is 1. The first kappa shape index (κ1) is 30.2. The van der Waals surface area contributed by atoms with Crippen LogP contribution in [0.2, 0.25) is 0 Å². The zero-order chi connectivity index (χ0) is 30.1. The molecule has 1 saturated carbocycles. The van der Waals surface area contributed by atoms with Gasteiger partial charge in [0.15, 0.2) is 0 Å². The third-order valence-corrected chi connectivity index (χ3v) is 6.26. The van der Waals surface area contributed by atoms with Gasteiger partial charge in [0.2, 0.25) is 0 Å². The van der Waals surface area contributed by atoms with E-state index in [0.717, 1.165) is 30.2 Å². The van der Waals surface area contributed by atoms with Crippen LogP contribution < -0.4 is 32.6 Å². The molecule has 2 aliphatic rings. The van der Waals surface area contributed by atoms with Crippen molar-refractivity contribution < 1.29 is 14.3 Å². The van der Waals surface area contributed by atoms with Crippen LogP contribution in [-0.4, -0.2) is 55.5 Å². The van der Waals surface area contributed by atoms with Crippen LogP contribution in [0.3, 0.4) is 0 Å². The van der Waals surface area contributed by atoms with Crippen molar-refractivity contribution in [3.05, 3.63) is 76.9 Å². The Morgan fingerprint density at radius 1 is 1.29 bits per heavy atom. The van der Waals surface area contributed by atoms with E-state index in [9.17, 15) is 9.59 Å². The Balaban J connectivity index is 1.81. The van der Waals surface area contributed by atoms with E-state index in [4.69, 9.17) is 32.6 Å². The number of rotatable bonds is 11. The monoisotopic (exact) mass is 557 g/mol. The molecule has 1 aliphatic heterocycles. The SMILES string of the molecule is COc1c(N/C(=C/C(N)=NC(=O)C2CC2)C(C)=N)cccc1C1=CC=C(C(=O)N(C)C/C(N)=C/C(C#N)=C\N)NC1. The number of likely N-dealkylation sites (N-methyl/N-ethyl adjacent to an activating group) is 1. The van der Waals surface area contributed by atoms with Crippen LogP contribution in [0.5, 0.6) is 5.75 Å². The van der Waals surface area contributed by atoms with Crippen LogP contribution in [0.4, 0.5) is 5.69 Å². The van der Waals surface area contributed by atoms with Crippen LogP contribution in [0.25, 0.3) is 5.57 Å². The van der Waals surface area contributed by atoms with Crippen LogP contribution in [0.1, 0.15) is 25.3 Å². The molecule has 0 spiro atoms. The Kier molecular flexibility index (Phi) is 10.1.